The number of carbonyl (C=O) groups excluding carboxylic acids is 1. The molecule has 0 aliphatic carbocycles. The van der Waals surface area contributed by atoms with Crippen LogP contribution < -0.4 is 14.8 Å². The Hall–Kier alpha value is -2.70. The molecule has 0 saturated carbocycles. The van der Waals surface area contributed by atoms with Crippen LogP contribution in [0.15, 0.2) is 40.9 Å². The highest BCUT2D eigenvalue weighted by molar-refractivity contribution is 6.39. The SMILES string of the molecule is Cc1onc(-c2c(Cl)cccc2Cl)c1C(=O)NC(C)c1ccc2c(c1)OCCO2. The summed E-state index contributed by atoms with van der Waals surface area (Å²) < 4.78 is 16.4. The molecule has 3 aromatic rings. The van der Waals surface area contributed by atoms with Gasteiger partial charge >= 0.3 is 0 Å². The molecule has 0 bridgehead atoms. The Morgan fingerprint density at radius 1 is 1.10 bits per heavy atom. The first kappa shape index (κ1) is 19.6. The van der Waals surface area contributed by atoms with Crippen LogP contribution in [0.2, 0.25) is 10.0 Å². The number of halogens is 2. The van der Waals surface area contributed by atoms with E-state index >= 15 is 0 Å². The molecule has 29 heavy (non-hydrogen) atoms. The number of hydrogen-bond acceptors (Lipinski definition) is 5. The normalized spacial score (nSPS) is 13.8. The lowest BCUT2D eigenvalue weighted by Gasteiger charge is -2.21. The van der Waals surface area contributed by atoms with Gasteiger partial charge in [-0.1, -0.05) is 40.5 Å². The molecule has 1 aromatic heterocycles. The summed E-state index contributed by atoms with van der Waals surface area (Å²) in [4.78, 5) is 13.1. The van der Waals surface area contributed by atoms with Gasteiger partial charge < -0.3 is 19.3 Å². The molecule has 6 nitrogen and oxygen atoms in total. The van der Waals surface area contributed by atoms with Crippen molar-refractivity contribution in [2.24, 2.45) is 0 Å². The maximum absolute atomic E-state index is 13.1. The molecule has 2 heterocycles. The van der Waals surface area contributed by atoms with Gasteiger partial charge in [-0.2, -0.15) is 0 Å². The first-order chi connectivity index (χ1) is 14.0. The van der Waals surface area contributed by atoms with E-state index in [9.17, 15) is 4.79 Å². The van der Waals surface area contributed by atoms with Crippen molar-refractivity contribution >= 4 is 29.1 Å². The van der Waals surface area contributed by atoms with Crippen LogP contribution in [0.3, 0.4) is 0 Å². The van der Waals surface area contributed by atoms with Gasteiger partial charge in [0.1, 0.15) is 30.2 Å². The van der Waals surface area contributed by atoms with Crippen LogP contribution >= 0.6 is 23.2 Å². The van der Waals surface area contributed by atoms with Gasteiger partial charge in [0, 0.05) is 5.56 Å². The lowest BCUT2D eigenvalue weighted by atomic mass is 10.0. The highest BCUT2D eigenvalue weighted by atomic mass is 35.5. The van der Waals surface area contributed by atoms with Crippen LogP contribution in [-0.4, -0.2) is 24.3 Å². The molecule has 1 atom stereocenters. The Morgan fingerprint density at radius 2 is 1.79 bits per heavy atom. The first-order valence-corrected chi connectivity index (χ1v) is 9.82. The zero-order valence-corrected chi connectivity index (χ0v) is 17.3. The maximum atomic E-state index is 13.1. The number of nitrogens with one attached hydrogen (secondary N) is 1. The monoisotopic (exact) mass is 432 g/mol. The molecule has 2 aromatic carbocycles. The fraction of sp³-hybridized carbons (Fsp3) is 0.238. The van der Waals surface area contributed by atoms with E-state index in [-0.39, 0.29) is 11.9 Å². The second-order valence-electron chi connectivity index (χ2n) is 6.66. The van der Waals surface area contributed by atoms with Crippen molar-refractivity contribution in [3.05, 3.63) is 63.3 Å². The van der Waals surface area contributed by atoms with Crippen molar-refractivity contribution < 1.29 is 18.8 Å². The number of ether oxygens (including phenoxy) is 2. The quantitative estimate of drug-likeness (QED) is 0.611. The average molecular weight is 433 g/mol. The molecule has 0 saturated heterocycles. The topological polar surface area (TPSA) is 73.6 Å². The largest absolute Gasteiger partial charge is 0.486 e. The lowest BCUT2D eigenvalue weighted by Crippen LogP contribution is -2.27. The van der Waals surface area contributed by atoms with E-state index in [1.54, 1.807) is 25.1 Å². The molecular formula is C21H18Cl2N2O4. The minimum atomic E-state index is -0.336. The number of hydrogen-bond donors (Lipinski definition) is 1. The van der Waals surface area contributed by atoms with Gasteiger partial charge in [0.15, 0.2) is 11.5 Å². The van der Waals surface area contributed by atoms with Crippen molar-refractivity contribution in [3.8, 4) is 22.8 Å². The van der Waals surface area contributed by atoms with Crippen LogP contribution in [0.25, 0.3) is 11.3 Å². The Balaban J connectivity index is 1.62. The third-order valence-corrected chi connectivity index (χ3v) is 5.33. The molecule has 1 unspecified atom stereocenters. The second-order valence-corrected chi connectivity index (χ2v) is 7.47. The number of nitrogens with zero attached hydrogens (tertiary/aromatic N) is 1. The van der Waals surface area contributed by atoms with E-state index in [2.05, 4.69) is 10.5 Å². The van der Waals surface area contributed by atoms with Crippen molar-refractivity contribution in [1.29, 1.82) is 0 Å². The summed E-state index contributed by atoms with van der Waals surface area (Å²) in [6, 6.07) is 10.4. The van der Waals surface area contributed by atoms with Crippen molar-refractivity contribution in [3.63, 3.8) is 0 Å². The van der Waals surface area contributed by atoms with Gasteiger partial charge in [-0.3, -0.25) is 4.79 Å². The Bertz CT molecular complexity index is 1060. The Morgan fingerprint density at radius 3 is 2.52 bits per heavy atom. The highest BCUT2D eigenvalue weighted by Crippen LogP contribution is 2.37. The second kappa shape index (κ2) is 7.97. The molecule has 1 N–H and O–H groups in total. The predicted octanol–water partition coefficient (Wildman–Crippen LogP) is 5.22. The van der Waals surface area contributed by atoms with E-state index < -0.39 is 0 Å². The number of benzene rings is 2. The third-order valence-electron chi connectivity index (χ3n) is 4.70. The van der Waals surface area contributed by atoms with Crippen LogP contribution in [0.5, 0.6) is 11.5 Å². The van der Waals surface area contributed by atoms with Gasteiger partial charge in [0.05, 0.1) is 16.1 Å². The van der Waals surface area contributed by atoms with Gasteiger partial charge in [-0.15, -0.1) is 0 Å². The highest BCUT2D eigenvalue weighted by Gasteiger charge is 2.26. The van der Waals surface area contributed by atoms with Crippen molar-refractivity contribution in [2.45, 2.75) is 19.9 Å². The van der Waals surface area contributed by atoms with E-state index in [1.165, 1.54) is 0 Å². The molecular weight excluding hydrogens is 415 g/mol. The fourth-order valence-electron chi connectivity index (χ4n) is 3.22. The Kier molecular flexibility index (Phi) is 5.39. The van der Waals surface area contributed by atoms with Gasteiger partial charge in [-0.25, -0.2) is 0 Å². The van der Waals surface area contributed by atoms with Crippen LogP contribution in [-0.2, 0) is 0 Å². The summed E-state index contributed by atoms with van der Waals surface area (Å²) in [6.07, 6.45) is 0. The molecule has 1 aliphatic heterocycles. The summed E-state index contributed by atoms with van der Waals surface area (Å²) in [7, 11) is 0. The van der Waals surface area contributed by atoms with E-state index in [0.29, 0.717) is 57.3 Å². The van der Waals surface area contributed by atoms with Crippen LogP contribution in [0.4, 0.5) is 0 Å². The minimum Gasteiger partial charge on any atom is -0.486 e. The Labute approximate surface area is 177 Å². The molecule has 0 fully saturated rings. The molecule has 0 spiro atoms. The minimum absolute atomic E-state index is 0.290. The van der Waals surface area contributed by atoms with Gasteiger partial charge in [0.25, 0.3) is 5.91 Å². The molecule has 0 radical (unpaired) electrons. The van der Waals surface area contributed by atoms with Crippen LogP contribution in [0, 0.1) is 6.92 Å². The number of fused-ring (bicyclic) bond motifs is 1. The van der Waals surface area contributed by atoms with Crippen molar-refractivity contribution in [1.82, 2.24) is 10.5 Å². The van der Waals surface area contributed by atoms with Gasteiger partial charge in [0.2, 0.25) is 0 Å². The number of carbonyl (C=O) groups is 1. The smallest absolute Gasteiger partial charge is 0.257 e. The number of aromatic nitrogens is 1. The van der Waals surface area contributed by atoms with E-state index in [4.69, 9.17) is 37.2 Å². The van der Waals surface area contributed by atoms with E-state index in [0.717, 1.165) is 5.56 Å². The van der Waals surface area contributed by atoms with Crippen LogP contribution in [0.1, 0.15) is 34.6 Å². The number of aryl methyl sites for hydroxylation is 1. The summed E-state index contributed by atoms with van der Waals surface area (Å²) in [5.74, 6) is 1.41. The fourth-order valence-corrected chi connectivity index (χ4v) is 3.79. The molecule has 150 valence electrons. The standard InChI is InChI=1S/C21H18Cl2N2O4/c1-11(13-6-7-16-17(10-13)28-9-8-27-16)24-21(26)18-12(2)29-25-20(18)19-14(22)4-3-5-15(19)23/h3-7,10-11H,8-9H2,1-2H3,(H,24,26). The summed E-state index contributed by atoms with van der Waals surface area (Å²) in [6.45, 7) is 4.58. The van der Waals surface area contributed by atoms with Crippen molar-refractivity contribution in [2.75, 3.05) is 13.2 Å². The first-order valence-electron chi connectivity index (χ1n) is 9.06. The number of rotatable bonds is 4. The number of amides is 1. The van der Waals surface area contributed by atoms with Gasteiger partial charge in [-0.05, 0) is 43.7 Å². The summed E-state index contributed by atoms with van der Waals surface area (Å²) in [5.41, 5.74) is 1.95. The zero-order valence-electron chi connectivity index (χ0n) is 15.8. The summed E-state index contributed by atoms with van der Waals surface area (Å²) >= 11 is 12.6. The third kappa shape index (κ3) is 3.78. The zero-order chi connectivity index (χ0) is 20.5. The molecule has 4 rings (SSSR count). The average Bonchev–Trinajstić information content (AvgIpc) is 3.08. The predicted molar refractivity (Wildman–Crippen MR) is 110 cm³/mol. The lowest BCUT2D eigenvalue weighted by molar-refractivity contribution is 0.0938. The molecule has 1 amide bonds. The molecule has 8 heteroatoms. The summed E-state index contributed by atoms with van der Waals surface area (Å²) in [5, 5.41) is 7.78. The maximum Gasteiger partial charge on any atom is 0.257 e. The molecule has 1 aliphatic rings. The van der Waals surface area contributed by atoms with E-state index in [1.807, 2.05) is 25.1 Å².